The van der Waals surface area contributed by atoms with Gasteiger partial charge in [-0.25, -0.2) is 0 Å². The molecule has 0 spiro atoms. The molecule has 2 aromatic rings. The second-order valence-electron chi connectivity index (χ2n) is 5.98. The van der Waals surface area contributed by atoms with E-state index in [4.69, 9.17) is 0 Å². The molecule has 2 aromatic carbocycles. The van der Waals surface area contributed by atoms with Crippen LogP contribution in [0.5, 0.6) is 0 Å². The van der Waals surface area contributed by atoms with Crippen LogP contribution in [0.1, 0.15) is 34.8 Å². The molecule has 3 rings (SSSR count). The molecule has 3 amide bonds. The Bertz CT molecular complexity index is 846. The summed E-state index contributed by atoms with van der Waals surface area (Å²) in [6.07, 6.45) is 1.08. The van der Waals surface area contributed by atoms with E-state index in [1.54, 1.807) is 18.2 Å². The fraction of sp³-hybridized carbons (Fsp3) is 0.211. The fourth-order valence-corrected chi connectivity index (χ4v) is 2.77. The first kappa shape index (κ1) is 16.7. The molecule has 6 heteroatoms. The molecule has 6 nitrogen and oxygen atoms in total. The van der Waals surface area contributed by atoms with Crippen molar-refractivity contribution in [1.29, 1.82) is 0 Å². The lowest BCUT2D eigenvalue weighted by Crippen LogP contribution is -2.24. The number of nitrogens with one attached hydrogen (secondary N) is 3. The van der Waals surface area contributed by atoms with E-state index in [0.717, 1.165) is 16.8 Å². The van der Waals surface area contributed by atoms with Gasteiger partial charge in [0.05, 0.1) is 0 Å². The first-order chi connectivity index (χ1) is 12.0. The summed E-state index contributed by atoms with van der Waals surface area (Å²) < 4.78 is 0. The van der Waals surface area contributed by atoms with E-state index in [9.17, 15) is 14.4 Å². The van der Waals surface area contributed by atoms with E-state index in [1.807, 2.05) is 24.3 Å². The van der Waals surface area contributed by atoms with Crippen molar-refractivity contribution in [1.82, 2.24) is 5.32 Å². The van der Waals surface area contributed by atoms with Crippen molar-refractivity contribution < 1.29 is 14.4 Å². The van der Waals surface area contributed by atoms with Crippen LogP contribution in [0.3, 0.4) is 0 Å². The van der Waals surface area contributed by atoms with Crippen molar-refractivity contribution in [2.75, 3.05) is 10.6 Å². The SMILES string of the molecule is CC(=O)Nc1cccc(CNC(=O)c2ccc3c(c2)CCC(=O)N3)c1. The van der Waals surface area contributed by atoms with Gasteiger partial charge in [-0.1, -0.05) is 12.1 Å². The molecular weight excluding hydrogens is 318 g/mol. The maximum atomic E-state index is 12.4. The predicted molar refractivity (Wildman–Crippen MR) is 95.3 cm³/mol. The summed E-state index contributed by atoms with van der Waals surface area (Å²) in [6.45, 7) is 1.81. The van der Waals surface area contributed by atoms with Crippen LogP contribution in [0.25, 0.3) is 0 Å². The Kier molecular flexibility index (Phi) is 4.79. The summed E-state index contributed by atoms with van der Waals surface area (Å²) in [6, 6.07) is 12.6. The first-order valence-electron chi connectivity index (χ1n) is 8.09. The highest BCUT2D eigenvalue weighted by molar-refractivity contribution is 5.98. The Labute approximate surface area is 145 Å². The molecule has 0 aliphatic carbocycles. The molecule has 128 valence electrons. The van der Waals surface area contributed by atoms with Gasteiger partial charge in [0.15, 0.2) is 0 Å². The van der Waals surface area contributed by atoms with E-state index in [-0.39, 0.29) is 17.7 Å². The number of carbonyl (C=O) groups is 3. The molecule has 1 aliphatic heterocycles. The lowest BCUT2D eigenvalue weighted by Gasteiger charge is -2.17. The van der Waals surface area contributed by atoms with Gasteiger partial charge in [-0.15, -0.1) is 0 Å². The van der Waals surface area contributed by atoms with Crippen LogP contribution >= 0.6 is 0 Å². The summed E-state index contributed by atoms with van der Waals surface area (Å²) in [5.41, 5.74) is 3.90. The van der Waals surface area contributed by atoms with Crippen LogP contribution in [0.4, 0.5) is 11.4 Å². The third-order valence-electron chi connectivity index (χ3n) is 3.96. The number of anilines is 2. The van der Waals surface area contributed by atoms with Crippen molar-refractivity contribution in [2.24, 2.45) is 0 Å². The third-order valence-corrected chi connectivity index (χ3v) is 3.96. The van der Waals surface area contributed by atoms with Crippen molar-refractivity contribution >= 4 is 29.1 Å². The number of hydrogen-bond donors (Lipinski definition) is 3. The minimum Gasteiger partial charge on any atom is -0.348 e. The Hall–Kier alpha value is -3.15. The summed E-state index contributed by atoms with van der Waals surface area (Å²) >= 11 is 0. The molecule has 1 heterocycles. The smallest absolute Gasteiger partial charge is 0.251 e. The number of hydrogen-bond acceptors (Lipinski definition) is 3. The first-order valence-corrected chi connectivity index (χ1v) is 8.09. The number of carbonyl (C=O) groups excluding carboxylic acids is 3. The van der Waals surface area contributed by atoms with Crippen molar-refractivity contribution in [3.05, 3.63) is 59.2 Å². The minimum atomic E-state index is -0.176. The molecule has 0 fully saturated rings. The van der Waals surface area contributed by atoms with Gasteiger partial charge in [0.2, 0.25) is 11.8 Å². The van der Waals surface area contributed by atoms with E-state index < -0.39 is 0 Å². The number of amides is 3. The molecule has 0 saturated carbocycles. The van der Waals surface area contributed by atoms with Crippen molar-refractivity contribution in [2.45, 2.75) is 26.3 Å². The van der Waals surface area contributed by atoms with E-state index in [1.165, 1.54) is 6.92 Å². The van der Waals surface area contributed by atoms with Gasteiger partial charge in [0.25, 0.3) is 5.91 Å². The fourth-order valence-electron chi connectivity index (χ4n) is 2.77. The molecular formula is C19H19N3O3. The lowest BCUT2D eigenvalue weighted by molar-refractivity contribution is -0.116. The summed E-state index contributed by atoms with van der Waals surface area (Å²) in [7, 11) is 0. The van der Waals surface area contributed by atoms with Crippen LogP contribution in [0.2, 0.25) is 0 Å². The lowest BCUT2D eigenvalue weighted by atomic mass is 10.00. The normalized spacial score (nSPS) is 12.8. The Morgan fingerprint density at radius 1 is 1.12 bits per heavy atom. The standard InChI is InChI=1S/C19H19N3O3/c1-12(23)21-16-4-2-3-13(9-16)11-20-19(25)15-5-7-17-14(10-15)6-8-18(24)22-17/h2-5,7,9-10H,6,8,11H2,1H3,(H,20,25)(H,21,23)(H,22,24). The molecule has 25 heavy (non-hydrogen) atoms. The summed E-state index contributed by atoms with van der Waals surface area (Å²) in [5.74, 6) is -0.310. The van der Waals surface area contributed by atoms with Crippen LogP contribution in [0, 0.1) is 0 Å². The average Bonchev–Trinajstić information content (AvgIpc) is 2.59. The minimum absolute atomic E-state index is 0.00348. The molecule has 0 atom stereocenters. The molecule has 0 unspecified atom stereocenters. The number of benzene rings is 2. The van der Waals surface area contributed by atoms with Gasteiger partial charge in [-0.3, -0.25) is 14.4 Å². The highest BCUT2D eigenvalue weighted by Gasteiger charge is 2.16. The van der Waals surface area contributed by atoms with E-state index in [2.05, 4.69) is 16.0 Å². The average molecular weight is 337 g/mol. The largest absolute Gasteiger partial charge is 0.348 e. The monoisotopic (exact) mass is 337 g/mol. The highest BCUT2D eigenvalue weighted by Crippen LogP contribution is 2.23. The zero-order valence-electron chi connectivity index (χ0n) is 13.9. The maximum Gasteiger partial charge on any atom is 0.251 e. The van der Waals surface area contributed by atoms with Gasteiger partial charge in [-0.05, 0) is 47.9 Å². The quantitative estimate of drug-likeness (QED) is 0.801. The predicted octanol–water partition coefficient (Wildman–Crippen LogP) is 2.46. The Morgan fingerprint density at radius 3 is 2.76 bits per heavy atom. The molecule has 0 aromatic heterocycles. The van der Waals surface area contributed by atoms with E-state index in [0.29, 0.717) is 30.6 Å². The topological polar surface area (TPSA) is 87.3 Å². The zero-order chi connectivity index (χ0) is 17.8. The number of fused-ring (bicyclic) bond motifs is 1. The van der Waals surface area contributed by atoms with Gasteiger partial charge in [0.1, 0.15) is 0 Å². The van der Waals surface area contributed by atoms with Crippen LogP contribution in [0.15, 0.2) is 42.5 Å². The second kappa shape index (κ2) is 7.17. The number of aryl methyl sites for hydroxylation is 1. The zero-order valence-corrected chi connectivity index (χ0v) is 13.9. The molecule has 0 radical (unpaired) electrons. The van der Waals surface area contributed by atoms with Crippen LogP contribution < -0.4 is 16.0 Å². The van der Waals surface area contributed by atoms with Gasteiger partial charge < -0.3 is 16.0 Å². The molecule has 1 aliphatic rings. The highest BCUT2D eigenvalue weighted by atomic mass is 16.2. The third kappa shape index (κ3) is 4.23. The Balaban J connectivity index is 1.65. The summed E-state index contributed by atoms with van der Waals surface area (Å²) in [4.78, 5) is 34.9. The molecule has 0 bridgehead atoms. The van der Waals surface area contributed by atoms with E-state index >= 15 is 0 Å². The van der Waals surface area contributed by atoms with Crippen LogP contribution in [-0.4, -0.2) is 17.7 Å². The van der Waals surface area contributed by atoms with Crippen molar-refractivity contribution in [3.63, 3.8) is 0 Å². The Morgan fingerprint density at radius 2 is 1.96 bits per heavy atom. The van der Waals surface area contributed by atoms with Gasteiger partial charge in [-0.2, -0.15) is 0 Å². The summed E-state index contributed by atoms with van der Waals surface area (Å²) in [5, 5.41) is 8.39. The van der Waals surface area contributed by atoms with Crippen LogP contribution in [-0.2, 0) is 22.6 Å². The second-order valence-corrected chi connectivity index (χ2v) is 5.98. The molecule has 3 N–H and O–H groups in total. The maximum absolute atomic E-state index is 12.4. The van der Waals surface area contributed by atoms with Gasteiger partial charge in [0, 0.05) is 36.8 Å². The van der Waals surface area contributed by atoms with Crippen molar-refractivity contribution in [3.8, 4) is 0 Å². The van der Waals surface area contributed by atoms with Gasteiger partial charge >= 0.3 is 0 Å². The number of rotatable bonds is 4. The molecule has 0 saturated heterocycles.